The smallest absolute Gasteiger partial charge is 0.129 e. The highest BCUT2D eigenvalue weighted by molar-refractivity contribution is 9.11. The summed E-state index contributed by atoms with van der Waals surface area (Å²) < 4.78 is 16.8. The molecule has 112 valence electrons. The molecule has 1 unspecified atom stereocenters. The Kier molecular flexibility index (Phi) is 6.26. The van der Waals surface area contributed by atoms with E-state index in [1.165, 1.54) is 6.07 Å². The SMILES string of the molecule is CCNC(c1cc(Cl)c(Br)cc1F)c1ccc(Br)cc1Br. The molecule has 0 saturated heterocycles. The number of benzene rings is 2. The quantitative estimate of drug-likeness (QED) is 0.475. The molecular formula is C15H12Br3ClFN. The fourth-order valence-electron chi connectivity index (χ4n) is 2.09. The molecule has 6 heteroatoms. The molecule has 0 aromatic heterocycles. The van der Waals surface area contributed by atoms with Gasteiger partial charge in [0.2, 0.25) is 0 Å². The summed E-state index contributed by atoms with van der Waals surface area (Å²) in [5.74, 6) is -0.299. The van der Waals surface area contributed by atoms with Crippen molar-refractivity contribution in [2.75, 3.05) is 6.54 Å². The lowest BCUT2D eigenvalue weighted by Crippen LogP contribution is -2.23. The topological polar surface area (TPSA) is 12.0 Å². The Balaban J connectivity index is 2.55. The Labute approximate surface area is 153 Å². The average molecular weight is 500 g/mol. The highest BCUT2D eigenvalue weighted by atomic mass is 79.9. The van der Waals surface area contributed by atoms with Crippen LogP contribution >= 0.6 is 59.4 Å². The van der Waals surface area contributed by atoms with E-state index in [2.05, 4.69) is 53.1 Å². The van der Waals surface area contributed by atoms with Crippen molar-refractivity contribution < 1.29 is 4.39 Å². The van der Waals surface area contributed by atoms with Crippen LogP contribution in [0.4, 0.5) is 4.39 Å². The van der Waals surface area contributed by atoms with Crippen molar-refractivity contribution in [2.45, 2.75) is 13.0 Å². The van der Waals surface area contributed by atoms with E-state index in [9.17, 15) is 4.39 Å². The van der Waals surface area contributed by atoms with Crippen molar-refractivity contribution in [3.05, 3.63) is 65.7 Å². The summed E-state index contributed by atoms with van der Waals surface area (Å²) >= 11 is 16.3. The maximum atomic E-state index is 14.3. The molecule has 2 rings (SSSR count). The molecule has 2 aromatic rings. The van der Waals surface area contributed by atoms with Crippen molar-refractivity contribution in [2.24, 2.45) is 0 Å². The Bertz CT molecular complexity index is 664. The second-order valence-corrected chi connectivity index (χ2v) is 7.48. The van der Waals surface area contributed by atoms with Crippen molar-refractivity contribution >= 4 is 59.4 Å². The van der Waals surface area contributed by atoms with E-state index in [1.807, 2.05) is 25.1 Å². The summed E-state index contributed by atoms with van der Waals surface area (Å²) in [7, 11) is 0. The van der Waals surface area contributed by atoms with Gasteiger partial charge < -0.3 is 5.32 Å². The maximum Gasteiger partial charge on any atom is 0.129 e. The van der Waals surface area contributed by atoms with E-state index < -0.39 is 0 Å². The van der Waals surface area contributed by atoms with Crippen LogP contribution < -0.4 is 5.32 Å². The largest absolute Gasteiger partial charge is 0.306 e. The highest BCUT2D eigenvalue weighted by Gasteiger charge is 2.21. The molecule has 0 aliphatic carbocycles. The summed E-state index contributed by atoms with van der Waals surface area (Å²) in [6.07, 6.45) is 0. The fourth-order valence-corrected chi connectivity index (χ4v) is 3.85. The Morgan fingerprint density at radius 2 is 1.81 bits per heavy atom. The van der Waals surface area contributed by atoms with Gasteiger partial charge in [-0.3, -0.25) is 0 Å². The number of hydrogen-bond acceptors (Lipinski definition) is 1. The lowest BCUT2D eigenvalue weighted by atomic mass is 9.98. The number of rotatable bonds is 4. The fraction of sp³-hybridized carbons (Fsp3) is 0.200. The summed E-state index contributed by atoms with van der Waals surface area (Å²) in [6, 6.07) is 8.61. The van der Waals surface area contributed by atoms with E-state index >= 15 is 0 Å². The predicted octanol–water partition coefficient (Wildman–Crippen LogP) is 6.47. The minimum Gasteiger partial charge on any atom is -0.306 e. The highest BCUT2D eigenvalue weighted by Crippen LogP contribution is 2.35. The second-order valence-electron chi connectivity index (χ2n) is 4.44. The molecule has 0 heterocycles. The Hall–Kier alpha value is 0.0600. The summed E-state index contributed by atoms with van der Waals surface area (Å²) in [5, 5.41) is 3.79. The first-order valence-electron chi connectivity index (χ1n) is 6.26. The molecule has 0 aliphatic rings. The van der Waals surface area contributed by atoms with Gasteiger partial charge in [-0.25, -0.2) is 4.39 Å². The Morgan fingerprint density at radius 1 is 1.10 bits per heavy atom. The van der Waals surface area contributed by atoms with Crippen LogP contribution in [0.3, 0.4) is 0 Å². The summed E-state index contributed by atoms with van der Waals surface area (Å²) in [6.45, 7) is 2.69. The van der Waals surface area contributed by atoms with Gasteiger partial charge in [-0.15, -0.1) is 0 Å². The molecule has 1 nitrogen and oxygen atoms in total. The Morgan fingerprint density at radius 3 is 2.43 bits per heavy atom. The number of nitrogens with one attached hydrogen (secondary N) is 1. The summed E-state index contributed by atoms with van der Waals surface area (Å²) in [5.41, 5.74) is 1.48. The lowest BCUT2D eigenvalue weighted by molar-refractivity contribution is 0.557. The zero-order chi connectivity index (χ0) is 15.6. The van der Waals surface area contributed by atoms with Gasteiger partial charge in [0.15, 0.2) is 0 Å². The number of halogens is 5. The van der Waals surface area contributed by atoms with Crippen molar-refractivity contribution in [1.29, 1.82) is 0 Å². The molecule has 0 amide bonds. The third-order valence-electron chi connectivity index (χ3n) is 3.03. The predicted molar refractivity (Wildman–Crippen MR) is 96.5 cm³/mol. The monoisotopic (exact) mass is 497 g/mol. The van der Waals surface area contributed by atoms with Gasteiger partial charge in [0, 0.05) is 19.0 Å². The lowest BCUT2D eigenvalue weighted by Gasteiger charge is -2.21. The van der Waals surface area contributed by atoms with Crippen molar-refractivity contribution in [3.8, 4) is 0 Å². The van der Waals surface area contributed by atoms with Gasteiger partial charge in [-0.2, -0.15) is 0 Å². The van der Waals surface area contributed by atoms with E-state index in [1.54, 1.807) is 6.07 Å². The van der Waals surface area contributed by atoms with Gasteiger partial charge in [0.1, 0.15) is 5.82 Å². The molecule has 1 atom stereocenters. The van der Waals surface area contributed by atoms with E-state index in [4.69, 9.17) is 11.6 Å². The first-order chi connectivity index (χ1) is 9.93. The van der Waals surface area contributed by atoms with Gasteiger partial charge in [-0.1, -0.05) is 56.5 Å². The van der Waals surface area contributed by atoms with Crippen molar-refractivity contribution in [3.63, 3.8) is 0 Å². The first-order valence-corrected chi connectivity index (χ1v) is 9.02. The van der Waals surface area contributed by atoms with Crippen molar-refractivity contribution in [1.82, 2.24) is 5.32 Å². The van der Waals surface area contributed by atoms with E-state index in [0.717, 1.165) is 14.5 Å². The van der Waals surface area contributed by atoms with Gasteiger partial charge in [0.05, 0.1) is 11.1 Å². The zero-order valence-electron chi connectivity index (χ0n) is 11.1. The summed E-state index contributed by atoms with van der Waals surface area (Å²) in [4.78, 5) is 0. The van der Waals surface area contributed by atoms with Crippen LogP contribution in [0.15, 0.2) is 43.7 Å². The van der Waals surface area contributed by atoms with Crippen LogP contribution in [0.25, 0.3) is 0 Å². The molecule has 0 aliphatic heterocycles. The van der Waals surface area contributed by atoms with Gasteiger partial charge >= 0.3 is 0 Å². The molecule has 21 heavy (non-hydrogen) atoms. The van der Waals surface area contributed by atoms with Gasteiger partial charge in [-0.05, 0) is 52.3 Å². The second kappa shape index (κ2) is 7.55. The molecule has 1 N–H and O–H groups in total. The van der Waals surface area contributed by atoms with E-state index in [-0.39, 0.29) is 11.9 Å². The van der Waals surface area contributed by atoms with Crippen LogP contribution in [0.5, 0.6) is 0 Å². The molecule has 0 saturated carbocycles. The standard InChI is InChI=1S/C15H12Br3ClFN/c1-2-21-15(9-4-3-8(16)5-11(9)17)10-6-13(19)12(18)7-14(10)20/h3-7,15,21H,2H2,1H3. The van der Waals surface area contributed by atoms with Crippen LogP contribution in [0, 0.1) is 5.82 Å². The number of hydrogen-bond donors (Lipinski definition) is 1. The minimum absolute atomic E-state index is 0.275. The van der Waals surface area contributed by atoms with Crippen LogP contribution in [0.1, 0.15) is 24.1 Å². The van der Waals surface area contributed by atoms with Crippen LogP contribution in [-0.4, -0.2) is 6.54 Å². The molecule has 0 spiro atoms. The normalized spacial score (nSPS) is 12.5. The molecular weight excluding hydrogens is 488 g/mol. The molecule has 0 bridgehead atoms. The van der Waals surface area contributed by atoms with Crippen LogP contribution in [-0.2, 0) is 0 Å². The maximum absolute atomic E-state index is 14.3. The first kappa shape index (κ1) is 17.4. The zero-order valence-corrected chi connectivity index (χ0v) is 16.6. The van der Waals surface area contributed by atoms with Gasteiger partial charge in [0.25, 0.3) is 0 Å². The minimum atomic E-state index is -0.299. The third-order valence-corrected chi connectivity index (χ3v) is 5.41. The third kappa shape index (κ3) is 4.08. The molecule has 0 radical (unpaired) electrons. The molecule has 2 aromatic carbocycles. The molecule has 0 fully saturated rings. The van der Waals surface area contributed by atoms with Crippen LogP contribution in [0.2, 0.25) is 5.02 Å². The average Bonchev–Trinajstić information content (AvgIpc) is 2.41. The van der Waals surface area contributed by atoms with E-state index in [0.29, 0.717) is 21.6 Å².